The van der Waals surface area contributed by atoms with E-state index in [9.17, 15) is 8.42 Å². The number of hydrogen-bond donors (Lipinski definition) is 2. The fourth-order valence-corrected chi connectivity index (χ4v) is 3.53. The van der Waals surface area contributed by atoms with Crippen molar-refractivity contribution in [2.75, 3.05) is 19.8 Å². The summed E-state index contributed by atoms with van der Waals surface area (Å²) in [5.41, 5.74) is 0.963. The zero-order valence-corrected chi connectivity index (χ0v) is 14.2. The Bertz CT molecular complexity index is 719. The van der Waals surface area contributed by atoms with E-state index in [1.54, 1.807) is 38.1 Å². The summed E-state index contributed by atoms with van der Waals surface area (Å²) in [7, 11) is -3.59. The lowest BCUT2D eigenvalue weighted by Crippen LogP contribution is -2.29. The maximum absolute atomic E-state index is 12.2. The lowest BCUT2D eigenvalue weighted by molar-refractivity contribution is 0.319. The minimum absolute atomic E-state index is 0.166. The molecule has 1 heterocycles. The zero-order chi connectivity index (χ0) is 16.9. The second-order valence-electron chi connectivity index (χ2n) is 4.91. The molecule has 0 atom stereocenters. The Morgan fingerprint density at radius 1 is 1.13 bits per heavy atom. The maximum atomic E-state index is 12.2. The van der Waals surface area contributed by atoms with E-state index in [0.717, 1.165) is 5.75 Å². The first-order valence-corrected chi connectivity index (χ1v) is 8.79. The van der Waals surface area contributed by atoms with Crippen molar-refractivity contribution in [3.8, 4) is 11.5 Å². The second-order valence-corrected chi connectivity index (χ2v) is 6.62. The van der Waals surface area contributed by atoms with Gasteiger partial charge in [0.1, 0.15) is 23.0 Å². The van der Waals surface area contributed by atoms with Gasteiger partial charge in [0.25, 0.3) is 0 Å². The van der Waals surface area contributed by atoms with Crippen molar-refractivity contribution < 1.29 is 17.9 Å². The van der Waals surface area contributed by atoms with Crippen LogP contribution < -0.4 is 14.2 Å². The fraction of sp³-hybridized carbons (Fsp3) is 0.400. The number of hydrogen-bond acceptors (Lipinski definition) is 5. The van der Waals surface area contributed by atoms with Gasteiger partial charge < -0.3 is 9.47 Å². The molecule has 0 aliphatic heterocycles. The molecule has 0 fully saturated rings. The third-order valence-electron chi connectivity index (χ3n) is 3.13. The van der Waals surface area contributed by atoms with Crippen LogP contribution in [0.25, 0.3) is 0 Å². The minimum Gasteiger partial charge on any atom is -0.494 e. The average molecular weight is 339 g/mol. The minimum atomic E-state index is -3.59. The first-order valence-electron chi connectivity index (χ1n) is 7.31. The predicted octanol–water partition coefficient (Wildman–Crippen LogP) is 1.78. The molecule has 0 unspecified atom stereocenters. The molecule has 0 aliphatic rings. The van der Waals surface area contributed by atoms with Gasteiger partial charge in [-0.2, -0.15) is 5.10 Å². The SMILES string of the molecule is CCOc1ccc(OCCNS(=O)(=O)c2c(C)n[nH]c2C)cc1. The van der Waals surface area contributed by atoms with Crippen LogP contribution in [0.2, 0.25) is 0 Å². The van der Waals surface area contributed by atoms with E-state index < -0.39 is 10.0 Å². The van der Waals surface area contributed by atoms with E-state index in [1.807, 2.05) is 6.92 Å². The summed E-state index contributed by atoms with van der Waals surface area (Å²) in [5.74, 6) is 1.43. The van der Waals surface area contributed by atoms with Crippen molar-refractivity contribution in [3.63, 3.8) is 0 Å². The van der Waals surface area contributed by atoms with Crippen LogP contribution in [0.1, 0.15) is 18.3 Å². The first-order chi connectivity index (χ1) is 10.9. The third kappa shape index (κ3) is 4.46. The smallest absolute Gasteiger partial charge is 0.244 e. The molecule has 0 bridgehead atoms. The zero-order valence-electron chi connectivity index (χ0n) is 13.4. The summed E-state index contributed by atoms with van der Waals surface area (Å²) < 4.78 is 37.8. The number of H-pyrrole nitrogens is 1. The number of ether oxygens (including phenoxy) is 2. The van der Waals surface area contributed by atoms with E-state index in [2.05, 4.69) is 14.9 Å². The summed E-state index contributed by atoms with van der Waals surface area (Å²) in [4.78, 5) is 0.193. The van der Waals surface area contributed by atoms with Gasteiger partial charge in [-0.05, 0) is 45.0 Å². The largest absolute Gasteiger partial charge is 0.494 e. The molecule has 8 heteroatoms. The van der Waals surface area contributed by atoms with Crippen molar-refractivity contribution in [3.05, 3.63) is 35.7 Å². The number of nitrogens with one attached hydrogen (secondary N) is 2. The molecular weight excluding hydrogens is 318 g/mol. The van der Waals surface area contributed by atoms with Crippen LogP contribution in [-0.2, 0) is 10.0 Å². The van der Waals surface area contributed by atoms with E-state index in [4.69, 9.17) is 9.47 Å². The Morgan fingerprint density at radius 2 is 1.74 bits per heavy atom. The highest BCUT2D eigenvalue weighted by molar-refractivity contribution is 7.89. The van der Waals surface area contributed by atoms with Gasteiger partial charge in [0.05, 0.1) is 18.0 Å². The highest BCUT2D eigenvalue weighted by Crippen LogP contribution is 2.18. The van der Waals surface area contributed by atoms with E-state index in [0.29, 0.717) is 23.7 Å². The molecule has 0 amide bonds. The van der Waals surface area contributed by atoms with Gasteiger partial charge in [-0.1, -0.05) is 0 Å². The van der Waals surface area contributed by atoms with Gasteiger partial charge >= 0.3 is 0 Å². The quantitative estimate of drug-likeness (QED) is 0.715. The first kappa shape index (κ1) is 17.3. The van der Waals surface area contributed by atoms with Gasteiger partial charge in [-0.25, -0.2) is 13.1 Å². The molecule has 126 valence electrons. The molecule has 0 saturated carbocycles. The van der Waals surface area contributed by atoms with Crippen molar-refractivity contribution in [2.24, 2.45) is 0 Å². The number of aromatic amines is 1. The number of rotatable bonds is 8. The summed E-state index contributed by atoms with van der Waals surface area (Å²) >= 11 is 0. The van der Waals surface area contributed by atoms with Gasteiger partial charge in [-0.15, -0.1) is 0 Å². The molecule has 0 spiro atoms. The van der Waals surface area contributed by atoms with Gasteiger partial charge in [0.2, 0.25) is 10.0 Å². The monoisotopic (exact) mass is 339 g/mol. The van der Waals surface area contributed by atoms with Crippen molar-refractivity contribution in [1.82, 2.24) is 14.9 Å². The Labute approximate surface area is 136 Å². The van der Waals surface area contributed by atoms with Crippen LogP contribution in [0.5, 0.6) is 11.5 Å². The molecule has 0 aliphatic carbocycles. The fourth-order valence-electron chi connectivity index (χ4n) is 2.15. The highest BCUT2D eigenvalue weighted by Gasteiger charge is 2.21. The number of aromatic nitrogens is 2. The highest BCUT2D eigenvalue weighted by atomic mass is 32.2. The third-order valence-corrected chi connectivity index (χ3v) is 4.85. The van der Waals surface area contributed by atoms with Crippen molar-refractivity contribution in [1.29, 1.82) is 0 Å². The number of benzene rings is 1. The Morgan fingerprint density at radius 3 is 2.26 bits per heavy atom. The van der Waals surface area contributed by atoms with E-state index in [-0.39, 0.29) is 18.0 Å². The molecule has 23 heavy (non-hydrogen) atoms. The van der Waals surface area contributed by atoms with Gasteiger partial charge in [-0.3, -0.25) is 5.10 Å². The van der Waals surface area contributed by atoms with E-state index >= 15 is 0 Å². The Balaban J connectivity index is 1.85. The lowest BCUT2D eigenvalue weighted by Gasteiger charge is -2.09. The summed E-state index contributed by atoms with van der Waals surface area (Å²) in [6, 6.07) is 7.18. The molecule has 7 nitrogen and oxygen atoms in total. The lowest BCUT2D eigenvalue weighted by atomic mass is 10.3. The standard InChI is InChI=1S/C15H21N3O4S/c1-4-21-13-5-7-14(8-6-13)22-10-9-16-23(19,20)15-11(2)17-18-12(15)3/h5-8,16H,4,9-10H2,1-3H3,(H,17,18). The summed E-state index contributed by atoms with van der Waals surface area (Å²) in [6.45, 7) is 6.23. The predicted molar refractivity (Wildman–Crippen MR) is 86.4 cm³/mol. The van der Waals surface area contributed by atoms with Gasteiger partial charge in [0, 0.05) is 6.54 Å². The molecular formula is C15H21N3O4S. The molecule has 2 rings (SSSR count). The van der Waals surface area contributed by atoms with E-state index in [1.165, 1.54) is 0 Å². The molecule has 2 aromatic rings. The molecule has 0 radical (unpaired) electrons. The summed E-state index contributed by atoms with van der Waals surface area (Å²) in [5, 5.41) is 6.56. The van der Waals surface area contributed by atoms with Crippen LogP contribution in [0.4, 0.5) is 0 Å². The topological polar surface area (TPSA) is 93.3 Å². The Hall–Kier alpha value is -2.06. The summed E-state index contributed by atoms with van der Waals surface area (Å²) in [6.07, 6.45) is 0. The van der Waals surface area contributed by atoms with Crippen LogP contribution in [0.3, 0.4) is 0 Å². The van der Waals surface area contributed by atoms with Crippen molar-refractivity contribution in [2.45, 2.75) is 25.7 Å². The van der Waals surface area contributed by atoms with Crippen LogP contribution >= 0.6 is 0 Å². The molecule has 1 aromatic heterocycles. The maximum Gasteiger partial charge on any atom is 0.244 e. The van der Waals surface area contributed by atoms with Crippen LogP contribution in [-0.4, -0.2) is 38.4 Å². The van der Waals surface area contributed by atoms with Crippen LogP contribution in [0, 0.1) is 13.8 Å². The molecule has 1 aromatic carbocycles. The average Bonchev–Trinajstić information content (AvgIpc) is 2.85. The number of nitrogens with zero attached hydrogens (tertiary/aromatic N) is 1. The normalized spacial score (nSPS) is 11.4. The van der Waals surface area contributed by atoms with Gasteiger partial charge in [0.15, 0.2) is 0 Å². The molecule has 2 N–H and O–H groups in total. The van der Waals surface area contributed by atoms with Crippen molar-refractivity contribution >= 4 is 10.0 Å². The Kier molecular flexibility index (Phi) is 5.62. The number of aryl methyl sites for hydroxylation is 2. The number of sulfonamides is 1. The molecule has 0 saturated heterocycles. The second kappa shape index (κ2) is 7.47. The van der Waals surface area contributed by atoms with Crippen LogP contribution in [0.15, 0.2) is 29.2 Å².